The Balaban J connectivity index is 2.33. The molecule has 130 valence electrons. The zero-order valence-corrected chi connectivity index (χ0v) is 13.7. The standard InChI is InChI=1S/C20H14O6/c1-20(23,24)15-10-12-6-8-14(15)19(22)26-17-13-5-3-2-4-11(13)7-9-16(17)25-18(12)21/h2-10,23-24H,1H3. The quantitative estimate of drug-likeness (QED) is 0.512. The average Bonchev–Trinajstić information content (AvgIpc) is 2.62. The Labute approximate surface area is 146 Å². The van der Waals surface area contributed by atoms with Crippen molar-refractivity contribution in [2.45, 2.75) is 12.7 Å². The SMILES string of the molecule is CC(O)(O)c1cc2ccc1c(=O)oc1c(ccc3ccccc31)oc2=O. The Hall–Kier alpha value is -3.22. The van der Waals surface area contributed by atoms with Crippen molar-refractivity contribution in [3.05, 3.63) is 81.0 Å². The molecule has 2 heterocycles. The monoisotopic (exact) mass is 350 g/mol. The lowest BCUT2D eigenvalue weighted by molar-refractivity contribution is -0.151. The summed E-state index contributed by atoms with van der Waals surface area (Å²) in [6, 6.07) is 14.4. The minimum Gasteiger partial charge on any atom is -0.419 e. The van der Waals surface area contributed by atoms with Crippen LogP contribution in [-0.4, -0.2) is 10.2 Å². The molecule has 0 aliphatic heterocycles. The molecule has 0 amide bonds. The third-order valence-electron chi connectivity index (χ3n) is 4.23. The fourth-order valence-electron chi connectivity index (χ4n) is 2.96. The van der Waals surface area contributed by atoms with E-state index in [0.29, 0.717) is 5.39 Å². The molecule has 5 rings (SSSR count). The van der Waals surface area contributed by atoms with Crippen molar-refractivity contribution >= 4 is 32.7 Å². The maximum absolute atomic E-state index is 12.7. The summed E-state index contributed by atoms with van der Waals surface area (Å²) >= 11 is 0. The van der Waals surface area contributed by atoms with Crippen LogP contribution in [0.3, 0.4) is 0 Å². The van der Waals surface area contributed by atoms with Gasteiger partial charge in [-0.2, -0.15) is 0 Å². The predicted octanol–water partition coefficient (Wildman–Crippen LogP) is 2.77. The highest BCUT2D eigenvalue weighted by Gasteiger charge is 2.23. The van der Waals surface area contributed by atoms with Gasteiger partial charge in [-0.3, -0.25) is 0 Å². The van der Waals surface area contributed by atoms with Gasteiger partial charge in [0, 0.05) is 10.9 Å². The number of rotatable bonds is 1. The second kappa shape index (κ2) is 5.66. The highest BCUT2D eigenvalue weighted by molar-refractivity contribution is 6.01. The van der Waals surface area contributed by atoms with Gasteiger partial charge in [-0.05, 0) is 36.6 Å². The molecule has 5 aromatic rings. The number of fused-ring (bicyclic) bond motifs is 5. The van der Waals surface area contributed by atoms with Gasteiger partial charge < -0.3 is 19.0 Å². The van der Waals surface area contributed by atoms with Crippen LogP contribution in [0.2, 0.25) is 0 Å². The van der Waals surface area contributed by atoms with Crippen molar-refractivity contribution < 1.29 is 19.0 Å². The van der Waals surface area contributed by atoms with Crippen LogP contribution in [0.25, 0.3) is 32.7 Å². The van der Waals surface area contributed by atoms with Gasteiger partial charge in [0.05, 0.1) is 10.8 Å². The highest BCUT2D eigenvalue weighted by atomic mass is 16.5. The topological polar surface area (TPSA) is 101 Å². The Morgan fingerprint density at radius 2 is 1.54 bits per heavy atom. The third-order valence-corrected chi connectivity index (χ3v) is 4.23. The van der Waals surface area contributed by atoms with Crippen LogP contribution in [0.1, 0.15) is 12.5 Å². The molecular formula is C20H14O6. The van der Waals surface area contributed by atoms with E-state index >= 15 is 0 Å². The van der Waals surface area contributed by atoms with Crippen LogP contribution in [0.5, 0.6) is 0 Å². The fraction of sp³-hybridized carbons (Fsp3) is 0.100. The molecule has 3 aromatic carbocycles. The van der Waals surface area contributed by atoms with Crippen LogP contribution in [0.15, 0.2) is 73.0 Å². The van der Waals surface area contributed by atoms with Crippen molar-refractivity contribution in [1.82, 2.24) is 0 Å². The molecule has 0 unspecified atom stereocenters. The van der Waals surface area contributed by atoms with Gasteiger partial charge >= 0.3 is 11.3 Å². The Morgan fingerprint density at radius 1 is 0.808 bits per heavy atom. The smallest absolute Gasteiger partial charge is 0.344 e. The molecule has 0 fully saturated rings. The first kappa shape index (κ1) is 16.3. The van der Waals surface area contributed by atoms with Crippen molar-refractivity contribution in [1.29, 1.82) is 0 Å². The summed E-state index contributed by atoms with van der Waals surface area (Å²) in [5.41, 5.74) is -1.40. The lowest BCUT2D eigenvalue weighted by atomic mass is 10.0. The summed E-state index contributed by atoms with van der Waals surface area (Å²) in [6.45, 7) is 1.10. The van der Waals surface area contributed by atoms with Crippen molar-refractivity contribution in [3.63, 3.8) is 0 Å². The summed E-state index contributed by atoms with van der Waals surface area (Å²) in [6.07, 6.45) is 0. The Bertz CT molecular complexity index is 1310. The second-order valence-electron chi connectivity index (χ2n) is 6.17. The van der Waals surface area contributed by atoms with Gasteiger partial charge in [0.2, 0.25) is 0 Å². The Kier molecular flexibility index (Phi) is 3.54. The summed E-state index contributed by atoms with van der Waals surface area (Å²) in [7, 11) is 0. The zero-order valence-electron chi connectivity index (χ0n) is 13.7. The lowest BCUT2D eigenvalue weighted by Gasteiger charge is -2.16. The largest absolute Gasteiger partial charge is 0.419 e. The first-order valence-corrected chi connectivity index (χ1v) is 7.90. The zero-order chi connectivity index (χ0) is 18.5. The molecule has 0 radical (unpaired) electrons. The van der Waals surface area contributed by atoms with Gasteiger partial charge in [0.1, 0.15) is 0 Å². The van der Waals surface area contributed by atoms with Crippen LogP contribution < -0.4 is 11.3 Å². The van der Waals surface area contributed by atoms with Gasteiger partial charge in [-0.1, -0.05) is 30.3 Å². The van der Waals surface area contributed by atoms with E-state index in [2.05, 4.69) is 0 Å². The van der Waals surface area contributed by atoms with Crippen molar-refractivity contribution in [3.8, 4) is 0 Å². The van der Waals surface area contributed by atoms with E-state index in [0.717, 1.165) is 12.3 Å². The molecule has 0 atom stereocenters. The van der Waals surface area contributed by atoms with Crippen LogP contribution in [0.4, 0.5) is 0 Å². The molecule has 6 heteroatoms. The van der Waals surface area contributed by atoms with E-state index in [1.54, 1.807) is 24.3 Å². The van der Waals surface area contributed by atoms with Crippen LogP contribution >= 0.6 is 0 Å². The Morgan fingerprint density at radius 3 is 2.31 bits per heavy atom. The molecule has 0 saturated carbocycles. The average molecular weight is 350 g/mol. The van der Waals surface area contributed by atoms with Gasteiger partial charge in [-0.25, -0.2) is 9.59 Å². The van der Waals surface area contributed by atoms with E-state index in [4.69, 9.17) is 8.83 Å². The lowest BCUT2D eigenvalue weighted by Crippen LogP contribution is -2.22. The summed E-state index contributed by atoms with van der Waals surface area (Å²) in [4.78, 5) is 25.2. The van der Waals surface area contributed by atoms with E-state index in [-0.39, 0.29) is 27.5 Å². The van der Waals surface area contributed by atoms with Gasteiger partial charge in [0.15, 0.2) is 17.0 Å². The van der Waals surface area contributed by atoms with Crippen LogP contribution in [-0.2, 0) is 5.79 Å². The van der Waals surface area contributed by atoms with Crippen LogP contribution in [0, 0.1) is 0 Å². The maximum atomic E-state index is 12.7. The minimum absolute atomic E-state index is 0.0464. The first-order valence-electron chi connectivity index (χ1n) is 7.90. The minimum atomic E-state index is -2.33. The second-order valence-corrected chi connectivity index (χ2v) is 6.17. The molecule has 2 bridgehead atoms. The predicted molar refractivity (Wildman–Crippen MR) is 96.6 cm³/mol. The first-order chi connectivity index (χ1) is 12.3. The number of hydrogen-bond acceptors (Lipinski definition) is 6. The molecule has 26 heavy (non-hydrogen) atoms. The normalized spacial score (nSPS) is 12.0. The van der Waals surface area contributed by atoms with E-state index < -0.39 is 17.0 Å². The summed E-state index contributed by atoms with van der Waals surface area (Å²) in [5, 5.41) is 21.4. The highest BCUT2D eigenvalue weighted by Crippen LogP contribution is 2.25. The van der Waals surface area contributed by atoms with Crippen molar-refractivity contribution in [2.75, 3.05) is 0 Å². The van der Waals surface area contributed by atoms with E-state index in [1.807, 2.05) is 12.1 Å². The molecule has 0 spiro atoms. The summed E-state index contributed by atoms with van der Waals surface area (Å²) < 4.78 is 10.9. The number of hydrogen-bond donors (Lipinski definition) is 2. The van der Waals surface area contributed by atoms with Gasteiger partial charge in [0.25, 0.3) is 0 Å². The van der Waals surface area contributed by atoms with E-state index in [9.17, 15) is 19.8 Å². The molecule has 0 saturated heterocycles. The fourth-order valence-corrected chi connectivity index (χ4v) is 2.96. The van der Waals surface area contributed by atoms with E-state index in [1.165, 1.54) is 18.2 Å². The molecule has 2 N–H and O–H groups in total. The van der Waals surface area contributed by atoms with Gasteiger partial charge in [-0.15, -0.1) is 0 Å². The number of aliphatic hydroxyl groups is 2. The molecular weight excluding hydrogens is 336 g/mol. The molecule has 0 aliphatic rings. The molecule has 2 aromatic heterocycles. The molecule has 0 aliphatic carbocycles. The third kappa shape index (κ3) is 2.61. The number of benzene rings is 3. The molecule has 6 nitrogen and oxygen atoms in total. The van der Waals surface area contributed by atoms with Crippen molar-refractivity contribution in [2.24, 2.45) is 0 Å². The maximum Gasteiger partial charge on any atom is 0.344 e. The summed E-state index contributed by atoms with van der Waals surface area (Å²) in [5.74, 6) is -2.33.